The molecule has 4 heterocycles. The normalized spacial score (nSPS) is 15.9. The number of aryl methyl sites for hydroxylation is 1. The molecule has 0 radical (unpaired) electrons. The molecular formula is C19H28IN9O2. The highest BCUT2D eigenvalue weighted by Gasteiger charge is 2.22. The summed E-state index contributed by atoms with van der Waals surface area (Å²) in [5.74, 6) is 4.51. The first kappa shape index (κ1) is 23.2. The molecule has 0 saturated heterocycles. The molecule has 12 heteroatoms. The third kappa shape index (κ3) is 6.03. The van der Waals surface area contributed by atoms with Gasteiger partial charge in [-0.1, -0.05) is 0 Å². The number of hydrogen-bond acceptors (Lipinski definition) is 7. The van der Waals surface area contributed by atoms with Crippen LogP contribution in [0.5, 0.6) is 0 Å². The number of fused-ring (bicyclic) bond motifs is 1. The zero-order valence-corrected chi connectivity index (χ0v) is 20.0. The lowest BCUT2D eigenvalue weighted by Gasteiger charge is -2.25. The molecule has 1 aliphatic rings. The van der Waals surface area contributed by atoms with Crippen LogP contribution in [0.1, 0.15) is 30.8 Å². The van der Waals surface area contributed by atoms with E-state index >= 15 is 0 Å². The first-order chi connectivity index (χ1) is 14.7. The first-order valence-electron chi connectivity index (χ1n) is 10.2. The molecular weight excluding hydrogens is 513 g/mol. The minimum Gasteiger partial charge on any atom is -0.461 e. The molecule has 0 spiro atoms. The van der Waals surface area contributed by atoms with Gasteiger partial charge >= 0.3 is 0 Å². The van der Waals surface area contributed by atoms with Crippen molar-refractivity contribution in [3.63, 3.8) is 0 Å². The van der Waals surface area contributed by atoms with E-state index in [1.54, 1.807) is 13.4 Å². The van der Waals surface area contributed by atoms with E-state index in [-0.39, 0.29) is 30.0 Å². The van der Waals surface area contributed by atoms with Crippen molar-refractivity contribution < 1.29 is 9.15 Å². The Balaban J connectivity index is 0.00000272. The van der Waals surface area contributed by atoms with E-state index in [0.717, 1.165) is 49.4 Å². The zero-order chi connectivity index (χ0) is 20.8. The van der Waals surface area contributed by atoms with Crippen molar-refractivity contribution in [3.8, 4) is 11.6 Å². The molecule has 0 aliphatic carbocycles. The van der Waals surface area contributed by atoms with Crippen LogP contribution in [-0.2, 0) is 30.7 Å². The summed E-state index contributed by atoms with van der Waals surface area (Å²) < 4.78 is 12.4. The third-order valence-corrected chi connectivity index (χ3v) is 4.75. The predicted molar refractivity (Wildman–Crippen MR) is 125 cm³/mol. The fraction of sp³-hybridized carbons (Fsp3) is 0.526. The van der Waals surface area contributed by atoms with Gasteiger partial charge in [-0.05, 0) is 25.5 Å². The van der Waals surface area contributed by atoms with Gasteiger partial charge in [-0.15, -0.1) is 24.0 Å². The third-order valence-electron chi connectivity index (χ3n) is 4.75. The number of methoxy groups -OCH3 is 1. The van der Waals surface area contributed by atoms with Gasteiger partial charge in [0.15, 0.2) is 17.5 Å². The van der Waals surface area contributed by atoms with Crippen LogP contribution in [-0.4, -0.2) is 62.1 Å². The van der Waals surface area contributed by atoms with Gasteiger partial charge in [-0.25, -0.2) is 14.6 Å². The Hall–Kier alpha value is -2.48. The summed E-state index contributed by atoms with van der Waals surface area (Å²) in [4.78, 5) is 13.7. The van der Waals surface area contributed by atoms with Crippen molar-refractivity contribution in [2.75, 3.05) is 20.2 Å². The number of aromatic nitrogens is 6. The number of aliphatic imine (C=N–C) groups is 1. The zero-order valence-electron chi connectivity index (χ0n) is 17.7. The van der Waals surface area contributed by atoms with Crippen LogP contribution >= 0.6 is 24.0 Å². The van der Waals surface area contributed by atoms with E-state index in [9.17, 15) is 0 Å². The smallest absolute Gasteiger partial charge is 0.216 e. The number of hydrogen-bond donors (Lipinski definition) is 3. The average molecular weight is 541 g/mol. The van der Waals surface area contributed by atoms with Crippen LogP contribution in [0.25, 0.3) is 11.6 Å². The Morgan fingerprint density at radius 3 is 3.10 bits per heavy atom. The minimum absolute atomic E-state index is 0. The summed E-state index contributed by atoms with van der Waals surface area (Å²) >= 11 is 0. The maximum absolute atomic E-state index is 5.32. The van der Waals surface area contributed by atoms with E-state index in [0.29, 0.717) is 31.2 Å². The summed E-state index contributed by atoms with van der Waals surface area (Å²) in [6.45, 7) is 4.62. The number of H-pyrrole nitrogens is 1. The van der Waals surface area contributed by atoms with Gasteiger partial charge in [0.05, 0.1) is 12.8 Å². The van der Waals surface area contributed by atoms with Gasteiger partial charge in [0.25, 0.3) is 0 Å². The summed E-state index contributed by atoms with van der Waals surface area (Å²) in [7, 11) is 1.65. The van der Waals surface area contributed by atoms with Crippen molar-refractivity contribution in [1.82, 2.24) is 40.6 Å². The second-order valence-corrected chi connectivity index (χ2v) is 7.03. The van der Waals surface area contributed by atoms with Crippen LogP contribution in [0.2, 0.25) is 0 Å². The quantitative estimate of drug-likeness (QED) is 0.223. The molecule has 31 heavy (non-hydrogen) atoms. The Bertz CT molecular complexity index is 967. The van der Waals surface area contributed by atoms with E-state index < -0.39 is 0 Å². The number of halogens is 1. The lowest BCUT2D eigenvalue weighted by atomic mass is 10.1. The molecule has 168 valence electrons. The highest BCUT2D eigenvalue weighted by Crippen LogP contribution is 2.15. The first-order valence-corrected chi connectivity index (χ1v) is 10.2. The minimum atomic E-state index is 0. The summed E-state index contributed by atoms with van der Waals surface area (Å²) in [6, 6.07) is 3.89. The molecule has 11 nitrogen and oxygen atoms in total. The lowest BCUT2D eigenvalue weighted by molar-refractivity contribution is 0.177. The maximum Gasteiger partial charge on any atom is 0.216 e. The molecule has 3 aromatic rings. The van der Waals surface area contributed by atoms with E-state index in [1.807, 2.05) is 16.8 Å². The van der Waals surface area contributed by atoms with Gasteiger partial charge in [-0.2, -0.15) is 10.2 Å². The predicted octanol–water partition coefficient (Wildman–Crippen LogP) is 1.53. The number of nitrogens with zero attached hydrogens (tertiary/aromatic N) is 6. The SMILES string of the molecule is CCNC(=NCCc1nc(-c2ccco2)n[nH]1)NC1CCc2nc(COC)nn2C1.I. The molecule has 0 fully saturated rings. The molecule has 1 unspecified atom stereocenters. The van der Waals surface area contributed by atoms with Crippen molar-refractivity contribution in [3.05, 3.63) is 35.9 Å². The largest absolute Gasteiger partial charge is 0.461 e. The van der Waals surface area contributed by atoms with Crippen LogP contribution in [0, 0.1) is 0 Å². The molecule has 0 amide bonds. The molecule has 0 aromatic carbocycles. The second kappa shape index (κ2) is 11.2. The molecule has 3 aromatic heterocycles. The molecule has 1 atom stereocenters. The fourth-order valence-electron chi connectivity index (χ4n) is 3.38. The Labute approximate surface area is 197 Å². The lowest BCUT2D eigenvalue weighted by Crippen LogP contribution is -2.47. The Morgan fingerprint density at radius 1 is 1.42 bits per heavy atom. The van der Waals surface area contributed by atoms with Gasteiger partial charge < -0.3 is 19.8 Å². The van der Waals surface area contributed by atoms with E-state index in [2.05, 4.69) is 47.8 Å². The van der Waals surface area contributed by atoms with Crippen LogP contribution in [0.15, 0.2) is 27.8 Å². The van der Waals surface area contributed by atoms with Crippen molar-refractivity contribution in [2.45, 2.75) is 45.4 Å². The average Bonchev–Trinajstić information content (AvgIpc) is 3.48. The highest BCUT2D eigenvalue weighted by atomic mass is 127. The highest BCUT2D eigenvalue weighted by molar-refractivity contribution is 14.0. The van der Waals surface area contributed by atoms with Crippen LogP contribution < -0.4 is 10.6 Å². The van der Waals surface area contributed by atoms with Crippen LogP contribution in [0.3, 0.4) is 0 Å². The van der Waals surface area contributed by atoms with Gasteiger partial charge in [0, 0.05) is 39.1 Å². The Kier molecular flexibility index (Phi) is 8.40. The monoisotopic (exact) mass is 541 g/mol. The number of furan rings is 1. The van der Waals surface area contributed by atoms with Crippen molar-refractivity contribution in [1.29, 1.82) is 0 Å². The fourth-order valence-corrected chi connectivity index (χ4v) is 3.38. The molecule has 0 bridgehead atoms. The number of ether oxygens (including phenoxy) is 1. The summed E-state index contributed by atoms with van der Waals surface area (Å²) in [5, 5.41) is 18.5. The summed E-state index contributed by atoms with van der Waals surface area (Å²) in [5.41, 5.74) is 0. The summed E-state index contributed by atoms with van der Waals surface area (Å²) in [6.07, 6.45) is 4.12. The molecule has 1 aliphatic heterocycles. The van der Waals surface area contributed by atoms with Crippen molar-refractivity contribution >= 4 is 29.9 Å². The van der Waals surface area contributed by atoms with Gasteiger partial charge in [-0.3, -0.25) is 10.1 Å². The standard InChI is InChI=1S/C19H27N9O2.HI/c1-3-20-19(21-9-8-15-24-18(26-25-15)14-5-4-10-30-14)22-13-6-7-17-23-16(12-29-2)27-28(17)11-13;/h4-5,10,13H,3,6-9,11-12H2,1-2H3,(H2,20,21,22)(H,24,25,26);1H. The maximum atomic E-state index is 5.32. The second-order valence-electron chi connectivity index (χ2n) is 7.03. The van der Waals surface area contributed by atoms with E-state index in [1.165, 1.54) is 0 Å². The molecule has 4 rings (SSSR count). The number of aromatic amines is 1. The number of nitrogens with one attached hydrogen (secondary N) is 3. The molecule has 3 N–H and O–H groups in total. The van der Waals surface area contributed by atoms with Crippen LogP contribution in [0.4, 0.5) is 0 Å². The van der Waals surface area contributed by atoms with Gasteiger partial charge in [0.1, 0.15) is 18.3 Å². The molecule has 0 saturated carbocycles. The topological polar surface area (TPSA) is 131 Å². The number of rotatable bonds is 8. The van der Waals surface area contributed by atoms with E-state index in [4.69, 9.17) is 9.15 Å². The van der Waals surface area contributed by atoms with Gasteiger partial charge in [0.2, 0.25) is 5.82 Å². The number of guanidine groups is 1. The van der Waals surface area contributed by atoms with Crippen molar-refractivity contribution in [2.24, 2.45) is 4.99 Å². The Morgan fingerprint density at radius 2 is 2.32 bits per heavy atom.